The molecule has 7 heteroatoms. The highest BCUT2D eigenvalue weighted by atomic mass is 79.9. The van der Waals surface area contributed by atoms with Crippen molar-refractivity contribution in [3.05, 3.63) is 129 Å². The van der Waals surface area contributed by atoms with Crippen molar-refractivity contribution >= 4 is 39.3 Å². The third kappa shape index (κ3) is 3.54. The lowest BCUT2D eigenvalue weighted by atomic mass is 9.72. The Hall–Kier alpha value is -2.35. The van der Waals surface area contributed by atoms with E-state index in [9.17, 15) is 10.2 Å². The number of aromatic nitrogens is 1. The van der Waals surface area contributed by atoms with Crippen molar-refractivity contribution in [3.8, 4) is 5.75 Å². The van der Waals surface area contributed by atoms with Gasteiger partial charge in [0.2, 0.25) is 0 Å². The Morgan fingerprint density at radius 1 is 0.972 bits per heavy atom. The minimum absolute atomic E-state index is 0.311. The molecule has 182 valence electrons. The first-order valence-corrected chi connectivity index (χ1v) is 13.9. The lowest BCUT2D eigenvalue weighted by molar-refractivity contribution is -0.150. The molecule has 0 spiro atoms. The first-order valence-electron chi connectivity index (χ1n) is 11.7. The van der Waals surface area contributed by atoms with Crippen LogP contribution >= 0.6 is 39.3 Å². The number of aliphatic hydroxyl groups excluding tert-OH is 1. The molecule has 5 unspecified atom stereocenters. The highest BCUT2D eigenvalue weighted by molar-refractivity contribution is 9.10. The van der Waals surface area contributed by atoms with E-state index in [0.29, 0.717) is 22.2 Å². The van der Waals surface area contributed by atoms with E-state index in [2.05, 4.69) is 33.0 Å². The summed E-state index contributed by atoms with van der Waals surface area (Å²) < 4.78 is 7.67. The van der Waals surface area contributed by atoms with Gasteiger partial charge in [-0.15, -0.1) is 0 Å². The van der Waals surface area contributed by atoms with E-state index in [4.69, 9.17) is 16.3 Å². The summed E-state index contributed by atoms with van der Waals surface area (Å²) in [7, 11) is 0. The molecule has 0 saturated heterocycles. The van der Waals surface area contributed by atoms with E-state index in [0.717, 1.165) is 21.2 Å². The van der Waals surface area contributed by atoms with Gasteiger partial charge in [0.05, 0.1) is 5.02 Å². The molecule has 5 atom stereocenters. The Balaban J connectivity index is 1.57. The monoisotopic (exact) mass is 579 g/mol. The van der Waals surface area contributed by atoms with Gasteiger partial charge in [0.1, 0.15) is 17.5 Å². The van der Waals surface area contributed by atoms with Crippen LogP contribution in [0, 0.1) is 0 Å². The predicted molar refractivity (Wildman–Crippen MR) is 146 cm³/mol. The average Bonchev–Trinajstić information content (AvgIpc) is 3.26. The molecule has 6 rings (SSSR count). The zero-order valence-corrected chi connectivity index (χ0v) is 22.2. The highest BCUT2D eigenvalue weighted by Gasteiger charge is 2.76. The van der Waals surface area contributed by atoms with E-state index >= 15 is 0 Å². The van der Waals surface area contributed by atoms with E-state index < -0.39 is 17.3 Å². The Bertz CT molecular complexity index is 1390. The first-order chi connectivity index (χ1) is 17.4. The number of fused-ring (bicyclic) bond motifs is 3. The zero-order valence-electron chi connectivity index (χ0n) is 19.1. The summed E-state index contributed by atoms with van der Waals surface area (Å²) in [5.41, 5.74) is 0.0804. The summed E-state index contributed by atoms with van der Waals surface area (Å²) in [5.74, 6) is 0.681. The molecular formula is C29H23BrClNO3S. The van der Waals surface area contributed by atoms with Gasteiger partial charge in [-0.05, 0) is 28.8 Å². The molecule has 1 aliphatic carbocycles. The van der Waals surface area contributed by atoms with Gasteiger partial charge in [-0.2, -0.15) is 11.8 Å². The number of nitrogens with zero attached hydrogens (tertiary/aromatic N) is 1. The van der Waals surface area contributed by atoms with E-state index in [1.54, 1.807) is 17.8 Å². The molecule has 0 radical (unpaired) electrons. The number of aliphatic hydroxyl groups is 2. The molecule has 0 amide bonds. The van der Waals surface area contributed by atoms with Crippen molar-refractivity contribution in [2.75, 3.05) is 0 Å². The fourth-order valence-corrected chi connectivity index (χ4v) is 7.63. The number of benzene rings is 3. The minimum Gasteiger partial charge on any atom is -0.476 e. The average molecular weight is 581 g/mol. The molecule has 4 aromatic rings. The van der Waals surface area contributed by atoms with Gasteiger partial charge < -0.3 is 14.9 Å². The number of hydrogen-bond donors (Lipinski definition) is 2. The number of rotatable bonds is 5. The zero-order chi connectivity index (χ0) is 24.9. The maximum atomic E-state index is 12.6. The molecule has 2 N–H and O–H groups in total. The molecule has 1 aliphatic heterocycles. The maximum Gasteiger partial charge on any atom is 0.182 e. The third-order valence-corrected chi connectivity index (χ3v) is 9.39. The molecule has 0 bridgehead atoms. The van der Waals surface area contributed by atoms with Crippen LogP contribution in [0.2, 0.25) is 5.02 Å². The van der Waals surface area contributed by atoms with Crippen LogP contribution in [-0.4, -0.2) is 26.6 Å². The highest BCUT2D eigenvalue weighted by Crippen LogP contribution is 2.68. The molecule has 36 heavy (non-hydrogen) atoms. The van der Waals surface area contributed by atoms with Crippen LogP contribution in [0.15, 0.2) is 102 Å². The van der Waals surface area contributed by atoms with Crippen molar-refractivity contribution in [2.45, 2.75) is 34.2 Å². The normalized spacial score (nSPS) is 28.4. The molecular weight excluding hydrogens is 558 g/mol. The van der Waals surface area contributed by atoms with Crippen LogP contribution in [0.25, 0.3) is 0 Å². The largest absolute Gasteiger partial charge is 0.476 e. The van der Waals surface area contributed by atoms with Crippen LogP contribution in [0.5, 0.6) is 5.75 Å². The third-order valence-electron chi connectivity index (χ3n) is 7.24. The van der Waals surface area contributed by atoms with Crippen LogP contribution in [-0.2, 0) is 17.0 Å². The summed E-state index contributed by atoms with van der Waals surface area (Å²) in [6.07, 6.45) is 0.337. The molecule has 1 saturated carbocycles. The van der Waals surface area contributed by atoms with Gasteiger partial charge in [-0.1, -0.05) is 100 Å². The summed E-state index contributed by atoms with van der Waals surface area (Å²) in [5, 5.41) is 24.6. The van der Waals surface area contributed by atoms with Crippen molar-refractivity contribution in [1.29, 1.82) is 0 Å². The number of thioether (sulfide) groups is 1. The molecule has 2 aliphatic rings. The second kappa shape index (κ2) is 9.19. The summed E-state index contributed by atoms with van der Waals surface area (Å²) in [6.45, 7) is 0. The molecule has 1 fully saturated rings. The smallest absolute Gasteiger partial charge is 0.182 e. The minimum atomic E-state index is -1.80. The van der Waals surface area contributed by atoms with Crippen molar-refractivity contribution in [1.82, 2.24) is 4.98 Å². The predicted octanol–water partition coefficient (Wildman–Crippen LogP) is 6.43. The second-order valence-electron chi connectivity index (χ2n) is 9.21. The Kier molecular flexibility index (Phi) is 6.13. The van der Waals surface area contributed by atoms with Gasteiger partial charge in [-0.25, -0.2) is 0 Å². The molecule has 1 aromatic heterocycles. The van der Waals surface area contributed by atoms with Crippen LogP contribution in [0.4, 0.5) is 0 Å². The quantitative estimate of drug-likeness (QED) is 0.285. The number of hydrogen-bond acceptors (Lipinski definition) is 5. The van der Waals surface area contributed by atoms with Gasteiger partial charge in [0.15, 0.2) is 11.2 Å². The van der Waals surface area contributed by atoms with Gasteiger partial charge in [0.25, 0.3) is 0 Å². The van der Waals surface area contributed by atoms with Crippen molar-refractivity contribution in [2.24, 2.45) is 0 Å². The van der Waals surface area contributed by atoms with Crippen LogP contribution < -0.4 is 4.74 Å². The standard InChI is InChI=1S/C29H23BrClNO3S/c30-21-13-11-20(12-14-21)29-24(19-9-5-2-6-10-19)25(36-17-18-7-3-1-4-8-18)27(33)28(29,34)26-23(35-29)15-22(31)16-32-26/h1-16,24-25,27,33-34H,17H2. The van der Waals surface area contributed by atoms with E-state index in [-0.39, 0.29) is 11.2 Å². The SMILES string of the molecule is OC1C(SCc2ccccc2)C(c2ccccc2)C2(c3ccc(Br)cc3)Oc3cc(Cl)cnc3C12O. The molecule has 2 heterocycles. The van der Waals surface area contributed by atoms with Crippen LogP contribution in [0.3, 0.4) is 0 Å². The van der Waals surface area contributed by atoms with Crippen molar-refractivity contribution < 1.29 is 14.9 Å². The van der Waals surface area contributed by atoms with Gasteiger partial charge in [-0.3, -0.25) is 4.98 Å². The lowest BCUT2D eigenvalue weighted by Gasteiger charge is -2.40. The number of pyridine rings is 1. The van der Waals surface area contributed by atoms with E-state index in [1.165, 1.54) is 6.20 Å². The Morgan fingerprint density at radius 3 is 2.33 bits per heavy atom. The van der Waals surface area contributed by atoms with Crippen molar-refractivity contribution in [3.63, 3.8) is 0 Å². The number of halogens is 2. The summed E-state index contributed by atoms with van der Waals surface area (Å²) in [4.78, 5) is 4.51. The second-order valence-corrected chi connectivity index (χ2v) is 11.7. The fourth-order valence-electron chi connectivity index (χ4n) is 5.72. The summed E-state index contributed by atoms with van der Waals surface area (Å²) in [6, 6.07) is 29.5. The molecule has 3 aromatic carbocycles. The van der Waals surface area contributed by atoms with Gasteiger partial charge in [0, 0.05) is 33.7 Å². The Morgan fingerprint density at radius 2 is 1.64 bits per heavy atom. The Labute approximate surface area is 227 Å². The maximum absolute atomic E-state index is 12.6. The topological polar surface area (TPSA) is 62.6 Å². The lowest BCUT2D eigenvalue weighted by Crippen LogP contribution is -2.52. The molecule has 4 nitrogen and oxygen atoms in total. The number of ether oxygens (including phenoxy) is 1. The first kappa shape index (κ1) is 24.0. The summed E-state index contributed by atoms with van der Waals surface area (Å²) >= 11 is 11.4. The van der Waals surface area contributed by atoms with Crippen LogP contribution in [0.1, 0.15) is 28.3 Å². The fraction of sp³-hybridized carbons (Fsp3) is 0.207. The van der Waals surface area contributed by atoms with E-state index in [1.807, 2.05) is 72.8 Å². The van der Waals surface area contributed by atoms with Gasteiger partial charge >= 0.3 is 0 Å².